The Hall–Kier alpha value is -1.10. The number of benzene rings is 1. The van der Waals surface area contributed by atoms with E-state index in [1.165, 1.54) is 0 Å². The summed E-state index contributed by atoms with van der Waals surface area (Å²) in [5.74, 6) is 0.488. The second kappa shape index (κ2) is 7.48. The van der Waals surface area contributed by atoms with Crippen molar-refractivity contribution in [2.45, 2.75) is 6.42 Å². The van der Waals surface area contributed by atoms with Gasteiger partial charge in [0.2, 0.25) is 0 Å². The van der Waals surface area contributed by atoms with Gasteiger partial charge in [-0.15, -0.1) is 22.9 Å². The molecule has 0 bridgehead atoms. The number of carbonyl (C=O) groups excluding carboxylic acids is 1. The predicted octanol–water partition coefficient (Wildman–Crippen LogP) is 3.28. The first kappa shape index (κ1) is 14.3. The molecule has 19 heavy (non-hydrogen) atoms. The molecule has 0 unspecified atom stereocenters. The number of nitrogens with one attached hydrogen (secondary N) is 1. The van der Waals surface area contributed by atoms with Crippen LogP contribution in [0.4, 0.5) is 0 Å². The fraction of sp³-hybridized carbons (Fsp3) is 0.357. The summed E-state index contributed by atoms with van der Waals surface area (Å²) in [4.78, 5) is 12.0. The average molecular weight is 298 g/mol. The van der Waals surface area contributed by atoms with E-state index in [2.05, 4.69) is 5.32 Å². The van der Waals surface area contributed by atoms with Gasteiger partial charge in [0.1, 0.15) is 0 Å². The van der Waals surface area contributed by atoms with Gasteiger partial charge in [-0.25, -0.2) is 0 Å². The van der Waals surface area contributed by atoms with Crippen LogP contribution in [-0.4, -0.2) is 31.5 Å². The van der Waals surface area contributed by atoms with Gasteiger partial charge in [-0.3, -0.25) is 4.79 Å². The Bertz CT molecular complexity index is 541. The fourth-order valence-electron chi connectivity index (χ4n) is 1.78. The van der Waals surface area contributed by atoms with Gasteiger partial charge in [0.15, 0.2) is 0 Å². The van der Waals surface area contributed by atoms with Gasteiger partial charge < -0.3 is 10.1 Å². The zero-order valence-electron chi connectivity index (χ0n) is 10.5. The largest absolute Gasteiger partial charge is 0.380 e. The van der Waals surface area contributed by atoms with Crippen molar-refractivity contribution < 1.29 is 9.53 Å². The zero-order chi connectivity index (χ0) is 13.5. The number of thiophene rings is 1. The van der Waals surface area contributed by atoms with E-state index in [-0.39, 0.29) is 5.91 Å². The lowest BCUT2D eigenvalue weighted by atomic mass is 10.1. The van der Waals surface area contributed by atoms with Gasteiger partial charge in [0, 0.05) is 34.5 Å². The molecule has 0 aliphatic carbocycles. The number of rotatable bonds is 7. The molecule has 3 nitrogen and oxygen atoms in total. The SMILES string of the molecule is O=C(NCCCOCCCl)c1csc2ccccc12. The third-order valence-electron chi connectivity index (χ3n) is 2.70. The second-order valence-corrected chi connectivity index (χ2v) is 5.35. The summed E-state index contributed by atoms with van der Waals surface area (Å²) in [5.41, 5.74) is 0.752. The smallest absolute Gasteiger partial charge is 0.252 e. The normalized spacial score (nSPS) is 10.8. The van der Waals surface area contributed by atoms with E-state index in [4.69, 9.17) is 16.3 Å². The number of hydrogen-bond acceptors (Lipinski definition) is 3. The van der Waals surface area contributed by atoms with E-state index in [0.29, 0.717) is 25.6 Å². The standard InChI is InChI=1S/C14H16ClNO2S/c15-6-9-18-8-3-7-16-14(17)12-10-19-13-5-2-1-4-11(12)13/h1-2,4-5,10H,3,6-9H2,(H,16,17). The van der Waals surface area contributed by atoms with Crippen molar-refractivity contribution in [2.24, 2.45) is 0 Å². The molecule has 1 N–H and O–H groups in total. The molecule has 0 fully saturated rings. The molecule has 1 aromatic carbocycles. The van der Waals surface area contributed by atoms with Crippen molar-refractivity contribution in [3.05, 3.63) is 35.2 Å². The molecule has 5 heteroatoms. The number of amides is 1. The topological polar surface area (TPSA) is 38.3 Å². The second-order valence-electron chi connectivity index (χ2n) is 4.06. The van der Waals surface area contributed by atoms with E-state index in [1.807, 2.05) is 29.6 Å². The highest BCUT2D eigenvalue weighted by Gasteiger charge is 2.10. The summed E-state index contributed by atoms with van der Waals surface area (Å²) in [7, 11) is 0. The van der Waals surface area contributed by atoms with Crippen LogP contribution in [0.1, 0.15) is 16.8 Å². The molecule has 1 heterocycles. The summed E-state index contributed by atoms with van der Waals surface area (Å²) < 4.78 is 6.38. The van der Waals surface area contributed by atoms with Gasteiger partial charge in [-0.05, 0) is 12.5 Å². The molecule has 0 aliphatic heterocycles. The highest BCUT2D eigenvalue weighted by Crippen LogP contribution is 2.25. The van der Waals surface area contributed by atoms with Crippen LogP contribution in [-0.2, 0) is 4.74 Å². The van der Waals surface area contributed by atoms with E-state index < -0.39 is 0 Å². The highest BCUT2D eigenvalue weighted by atomic mass is 35.5. The molecular weight excluding hydrogens is 282 g/mol. The monoisotopic (exact) mass is 297 g/mol. The minimum absolute atomic E-state index is 0.0187. The number of halogens is 1. The van der Waals surface area contributed by atoms with Gasteiger partial charge in [0.05, 0.1) is 12.2 Å². The molecular formula is C14H16ClNO2S. The summed E-state index contributed by atoms with van der Waals surface area (Å²) in [5, 5.41) is 5.83. The van der Waals surface area contributed by atoms with Gasteiger partial charge in [-0.1, -0.05) is 18.2 Å². The van der Waals surface area contributed by atoms with E-state index in [9.17, 15) is 4.79 Å². The van der Waals surface area contributed by atoms with Crippen LogP contribution in [0.25, 0.3) is 10.1 Å². The molecule has 0 radical (unpaired) electrons. The number of ether oxygens (including phenoxy) is 1. The summed E-state index contributed by atoms with van der Waals surface area (Å²) >= 11 is 7.09. The van der Waals surface area contributed by atoms with Crippen LogP contribution >= 0.6 is 22.9 Å². The van der Waals surface area contributed by atoms with Crippen LogP contribution in [0.3, 0.4) is 0 Å². The minimum Gasteiger partial charge on any atom is -0.380 e. The summed E-state index contributed by atoms with van der Waals surface area (Å²) in [6.45, 7) is 1.80. The lowest BCUT2D eigenvalue weighted by molar-refractivity contribution is 0.0946. The van der Waals surface area contributed by atoms with Crippen LogP contribution in [0.5, 0.6) is 0 Å². The molecule has 0 spiro atoms. The Morgan fingerprint density at radius 3 is 3.00 bits per heavy atom. The first-order valence-electron chi connectivity index (χ1n) is 6.21. The molecule has 2 aromatic rings. The van der Waals surface area contributed by atoms with Gasteiger partial charge >= 0.3 is 0 Å². The molecule has 0 saturated carbocycles. The summed E-state index contributed by atoms with van der Waals surface area (Å²) in [6, 6.07) is 7.93. The van der Waals surface area contributed by atoms with E-state index in [0.717, 1.165) is 22.1 Å². The maximum absolute atomic E-state index is 12.0. The molecule has 102 valence electrons. The van der Waals surface area contributed by atoms with Crippen LogP contribution < -0.4 is 5.32 Å². The van der Waals surface area contributed by atoms with Crippen molar-refractivity contribution in [2.75, 3.05) is 25.6 Å². The third kappa shape index (κ3) is 3.93. The summed E-state index contributed by atoms with van der Waals surface area (Å²) in [6.07, 6.45) is 0.796. The average Bonchev–Trinajstić information content (AvgIpc) is 2.86. The molecule has 1 amide bonds. The number of alkyl halides is 1. The van der Waals surface area contributed by atoms with Crippen LogP contribution in [0.2, 0.25) is 0 Å². The Labute approximate surface area is 121 Å². The number of carbonyl (C=O) groups is 1. The van der Waals surface area contributed by atoms with Crippen molar-refractivity contribution in [3.8, 4) is 0 Å². The lowest BCUT2D eigenvalue weighted by Crippen LogP contribution is -2.25. The Morgan fingerprint density at radius 1 is 1.32 bits per heavy atom. The van der Waals surface area contributed by atoms with E-state index >= 15 is 0 Å². The first-order chi connectivity index (χ1) is 9.33. The minimum atomic E-state index is -0.0187. The van der Waals surface area contributed by atoms with E-state index in [1.54, 1.807) is 11.3 Å². The van der Waals surface area contributed by atoms with Gasteiger partial charge in [-0.2, -0.15) is 0 Å². The molecule has 1 aromatic heterocycles. The predicted molar refractivity (Wildman–Crippen MR) is 80.3 cm³/mol. The van der Waals surface area contributed by atoms with Crippen LogP contribution in [0.15, 0.2) is 29.6 Å². The fourth-order valence-corrected chi connectivity index (χ4v) is 2.83. The maximum Gasteiger partial charge on any atom is 0.252 e. The lowest BCUT2D eigenvalue weighted by Gasteiger charge is -2.05. The Balaban J connectivity index is 1.83. The quantitative estimate of drug-likeness (QED) is 0.629. The molecule has 2 rings (SSSR count). The van der Waals surface area contributed by atoms with Crippen molar-refractivity contribution in [1.82, 2.24) is 5.32 Å². The van der Waals surface area contributed by atoms with Gasteiger partial charge in [0.25, 0.3) is 5.91 Å². The molecule has 0 atom stereocenters. The van der Waals surface area contributed by atoms with Crippen molar-refractivity contribution in [1.29, 1.82) is 0 Å². The first-order valence-corrected chi connectivity index (χ1v) is 7.62. The zero-order valence-corrected chi connectivity index (χ0v) is 12.1. The number of fused-ring (bicyclic) bond motifs is 1. The maximum atomic E-state index is 12.0. The Kier molecular flexibility index (Phi) is 5.63. The molecule has 0 saturated heterocycles. The van der Waals surface area contributed by atoms with Crippen LogP contribution in [0, 0.1) is 0 Å². The third-order valence-corrected chi connectivity index (χ3v) is 3.82. The molecule has 0 aliphatic rings. The number of hydrogen-bond donors (Lipinski definition) is 1. The van der Waals surface area contributed by atoms with Crippen molar-refractivity contribution in [3.63, 3.8) is 0 Å². The highest BCUT2D eigenvalue weighted by molar-refractivity contribution is 7.17. The van der Waals surface area contributed by atoms with Crippen molar-refractivity contribution >= 4 is 38.9 Å². The Morgan fingerprint density at radius 2 is 2.16 bits per heavy atom.